The van der Waals surface area contributed by atoms with Crippen molar-refractivity contribution in [3.05, 3.63) is 64.9 Å². The van der Waals surface area contributed by atoms with Crippen molar-refractivity contribution in [1.29, 1.82) is 0 Å². The smallest absolute Gasteiger partial charge is 0.166 e. The number of aromatic nitrogens is 5. The summed E-state index contributed by atoms with van der Waals surface area (Å²) >= 11 is 1.39. The summed E-state index contributed by atoms with van der Waals surface area (Å²) in [4.78, 5) is 11.0. The summed E-state index contributed by atoms with van der Waals surface area (Å²) in [6.45, 7) is 7.05. The van der Waals surface area contributed by atoms with Crippen molar-refractivity contribution < 1.29 is 14.2 Å². The van der Waals surface area contributed by atoms with Gasteiger partial charge in [0.15, 0.2) is 11.6 Å². The Bertz CT molecular complexity index is 1250. The largest absolute Gasteiger partial charge is 0.482 e. The highest BCUT2D eigenvalue weighted by Gasteiger charge is 2.24. The molecule has 0 amide bonds. The Morgan fingerprint density at radius 1 is 1.22 bits per heavy atom. The minimum atomic E-state index is -1.04. The Kier molecular flexibility index (Phi) is 5.66. The molecule has 4 rings (SSSR count). The third kappa shape index (κ3) is 4.32. The highest BCUT2D eigenvalue weighted by molar-refractivity contribution is 7.15. The second kappa shape index (κ2) is 8.29. The van der Waals surface area contributed by atoms with E-state index < -0.39 is 17.5 Å². The van der Waals surface area contributed by atoms with Crippen LogP contribution in [-0.4, -0.2) is 30.1 Å². The molecule has 0 aliphatic rings. The van der Waals surface area contributed by atoms with Gasteiger partial charge in [0.05, 0.1) is 28.7 Å². The summed E-state index contributed by atoms with van der Waals surface area (Å²) in [7, 11) is 0. The summed E-state index contributed by atoms with van der Waals surface area (Å²) in [5.74, 6) is 0.169. The van der Waals surface area contributed by atoms with E-state index in [1.165, 1.54) is 28.3 Å². The fraction of sp³-hybridized carbons (Fsp3) is 0.273. The SMILES string of the molecule is Cc1nc(C(C)(C)O)sc1-c1cnc(N)c(O[C@H](C)c2cc(F)ccc2-n2nccn2)c1. The first-order valence-corrected chi connectivity index (χ1v) is 10.7. The zero-order valence-corrected chi connectivity index (χ0v) is 18.9. The Morgan fingerprint density at radius 3 is 2.59 bits per heavy atom. The van der Waals surface area contributed by atoms with Crippen molar-refractivity contribution in [2.24, 2.45) is 0 Å². The third-order valence-electron chi connectivity index (χ3n) is 4.83. The van der Waals surface area contributed by atoms with Gasteiger partial charge in [0.25, 0.3) is 0 Å². The van der Waals surface area contributed by atoms with E-state index in [2.05, 4.69) is 20.2 Å². The topological polar surface area (TPSA) is 112 Å². The van der Waals surface area contributed by atoms with Gasteiger partial charge in [-0.15, -0.1) is 11.3 Å². The summed E-state index contributed by atoms with van der Waals surface area (Å²) in [6.07, 6.45) is 4.16. The first-order chi connectivity index (χ1) is 15.1. The van der Waals surface area contributed by atoms with Gasteiger partial charge in [-0.3, -0.25) is 0 Å². The second-order valence-electron chi connectivity index (χ2n) is 7.88. The molecule has 4 aromatic rings. The lowest BCUT2D eigenvalue weighted by Crippen LogP contribution is -2.14. The van der Waals surface area contributed by atoms with Crippen LogP contribution in [-0.2, 0) is 5.60 Å². The average molecular weight is 455 g/mol. The number of pyridine rings is 1. The number of hydrogen-bond donors (Lipinski definition) is 2. The van der Waals surface area contributed by atoms with Crippen LogP contribution in [0.5, 0.6) is 5.75 Å². The van der Waals surface area contributed by atoms with E-state index in [9.17, 15) is 9.50 Å². The first-order valence-electron chi connectivity index (χ1n) is 9.92. The van der Waals surface area contributed by atoms with Gasteiger partial charge in [-0.1, -0.05) is 0 Å². The standard InChI is InChI=1S/C22H23FN6O2S/c1-12-19(32-21(28-12)22(3,4)30)14-9-18(20(24)25-11-14)31-13(2)16-10-15(23)5-6-17(16)29-26-7-8-27-29/h5-11,13,30H,1-4H3,(H2,24,25)/t13-/m1/s1. The number of nitrogen functional groups attached to an aromatic ring is 1. The molecule has 0 unspecified atom stereocenters. The Labute approximate surface area is 188 Å². The van der Waals surface area contributed by atoms with Crippen molar-refractivity contribution >= 4 is 17.2 Å². The molecule has 1 aromatic carbocycles. The van der Waals surface area contributed by atoms with E-state index in [-0.39, 0.29) is 5.82 Å². The molecule has 0 bridgehead atoms. The Balaban J connectivity index is 1.68. The number of nitrogens with zero attached hydrogens (tertiary/aromatic N) is 5. The molecule has 8 nitrogen and oxygen atoms in total. The van der Waals surface area contributed by atoms with E-state index in [4.69, 9.17) is 10.5 Å². The molecule has 32 heavy (non-hydrogen) atoms. The van der Waals surface area contributed by atoms with Crippen LogP contribution in [0.1, 0.15) is 43.1 Å². The molecule has 0 aliphatic heterocycles. The number of hydrogen-bond acceptors (Lipinski definition) is 8. The lowest BCUT2D eigenvalue weighted by molar-refractivity contribution is 0.0781. The number of rotatable bonds is 6. The number of aliphatic hydroxyl groups is 1. The zero-order valence-electron chi connectivity index (χ0n) is 18.1. The number of aryl methyl sites for hydroxylation is 1. The summed E-state index contributed by atoms with van der Waals surface area (Å²) in [6, 6.07) is 6.11. The predicted octanol–water partition coefficient (Wildman–Crippen LogP) is 4.18. The number of benzene rings is 1. The number of thiazole rings is 1. The molecule has 0 fully saturated rings. The predicted molar refractivity (Wildman–Crippen MR) is 120 cm³/mol. The maximum atomic E-state index is 14.0. The summed E-state index contributed by atoms with van der Waals surface area (Å²) in [5, 5.41) is 19.2. The van der Waals surface area contributed by atoms with Crippen molar-refractivity contribution in [2.45, 2.75) is 39.4 Å². The molecule has 3 heterocycles. The van der Waals surface area contributed by atoms with Crippen LogP contribution in [0.15, 0.2) is 42.9 Å². The van der Waals surface area contributed by atoms with Gasteiger partial charge in [0.2, 0.25) is 0 Å². The van der Waals surface area contributed by atoms with Crippen LogP contribution >= 0.6 is 11.3 Å². The Morgan fingerprint density at radius 2 is 1.94 bits per heavy atom. The molecule has 0 saturated heterocycles. The highest BCUT2D eigenvalue weighted by Crippen LogP contribution is 2.38. The van der Waals surface area contributed by atoms with Gasteiger partial charge in [-0.25, -0.2) is 14.4 Å². The van der Waals surface area contributed by atoms with Crippen LogP contribution in [0, 0.1) is 12.7 Å². The maximum absolute atomic E-state index is 14.0. The molecular weight excluding hydrogens is 431 g/mol. The normalized spacial score (nSPS) is 12.7. The van der Waals surface area contributed by atoms with Crippen molar-refractivity contribution in [1.82, 2.24) is 25.0 Å². The summed E-state index contributed by atoms with van der Waals surface area (Å²) in [5.41, 5.74) is 7.73. The number of halogens is 1. The third-order valence-corrected chi connectivity index (χ3v) is 6.35. The molecule has 0 radical (unpaired) electrons. The van der Waals surface area contributed by atoms with Crippen LogP contribution in [0.3, 0.4) is 0 Å². The van der Waals surface area contributed by atoms with E-state index in [1.807, 2.05) is 6.92 Å². The molecule has 1 atom stereocenters. The number of anilines is 1. The molecular formula is C22H23FN6O2S. The van der Waals surface area contributed by atoms with Gasteiger partial charge in [0, 0.05) is 17.3 Å². The molecule has 3 aromatic heterocycles. The quantitative estimate of drug-likeness (QED) is 0.449. The van der Waals surface area contributed by atoms with E-state index >= 15 is 0 Å². The van der Waals surface area contributed by atoms with Crippen molar-refractivity contribution in [3.8, 4) is 21.9 Å². The maximum Gasteiger partial charge on any atom is 0.166 e. The molecule has 0 aliphatic carbocycles. The molecule has 3 N–H and O–H groups in total. The molecule has 0 saturated carbocycles. The molecule has 10 heteroatoms. The first kappa shape index (κ1) is 21.8. The fourth-order valence-corrected chi connectivity index (χ4v) is 4.28. The minimum absolute atomic E-state index is 0.209. The van der Waals surface area contributed by atoms with E-state index in [1.54, 1.807) is 51.5 Å². The number of ether oxygens (including phenoxy) is 1. The molecule has 0 spiro atoms. The van der Waals surface area contributed by atoms with Crippen LogP contribution in [0.4, 0.5) is 10.2 Å². The summed E-state index contributed by atoms with van der Waals surface area (Å²) < 4.78 is 20.1. The highest BCUT2D eigenvalue weighted by atomic mass is 32.1. The fourth-order valence-electron chi connectivity index (χ4n) is 3.23. The lowest BCUT2D eigenvalue weighted by Gasteiger charge is -2.19. The minimum Gasteiger partial charge on any atom is -0.482 e. The van der Waals surface area contributed by atoms with Crippen molar-refractivity contribution in [3.63, 3.8) is 0 Å². The molecule has 166 valence electrons. The van der Waals surface area contributed by atoms with Gasteiger partial charge in [-0.05, 0) is 52.0 Å². The monoisotopic (exact) mass is 454 g/mol. The van der Waals surface area contributed by atoms with Gasteiger partial charge in [-0.2, -0.15) is 15.0 Å². The second-order valence-corrected chi connectivity index (χ2v) is 8.88. The van der Waals surface area contributed by atoms with Crippen LogP contribution in [0.2, 0.25) is 0 Å². The Hall–Kier alpha value is -3.37. The average Bonchev–Trinajstić information content (AvgIpc) is 3.39. The van der Waals surface area contributed by atoms with E-state index in [0.717, 1.165) is 16.1 Å². The van der Waals surface area contributed by atoms with Gasteiger partial charge < -0.3 is 15.6 Å². The van der Waals surface area contributed by atoms with Crippen LogP contribution < -0.4 is 10.5 Å². The van der Waals surface area contributed by atoms with Crippen LogP contribution in [0.25, 0.3) is 16.1 Å². The lowest BCUT2D eigenvalue weighted by atomic mass is 10.1. The van der Waals surface area contributed by atoms with E-state index in [0.29, 0.717) is 22.0 Å². The number of nitrogens with two attached hydrogens (primary N) is 1. The van der Waals surface area contributed by atoms with Gasteiger partial charge >= 0.3 is 0 Å². The van der Waals surface area contributed by atoms with Crippen molar-refractivity contribution in [2.75, 3.05) is 5.73 Å². The van der Waals surface area contributed by atoms with Gasteiger partial charge in [0.1, 0.15) is 22.5 Å². The zero-order chi connectivity index (χ0) is 23.0.